The number of ether oxygens (including phenoxy) is 2. The van der Waals surface area contributed by atoms with Gasteiger partial charge in [0.15, 0.2) is 0 Å². The predicted octanol–water partition coefficient (Wildman–Crippen LogP) is 5.22. The Morgan fingerprint density at radius 2 is 1.70 bits per heavy atom. The zero-order chi connectivity index (χ0) is 20.0. The summed E-state index contributed by atoms with van der Waals surface area (Å²) in [6, 6.07) is 9.73. The fraction of sp³-hybridized carbons (Fsp3) is 0.409. The maximum absolute atomic E-state index is 11.8. The number of rotatable bonds is 7. The summed E-state index contributed by atoms with van der Waals surface area (Å²) in [5, 5.41) is 10.7. The van der Waals surface area contributed by atoms with Crippen LogP contribution < -0.4 is 9.80 Å². The van der Waals surface area contributed by atoms with Gasteiger partial charge < -0.3 is 9.47 Å². The lowest BCUT2D eigenvalue weighted by molar-refractivity contribution is 0.140. The Hall–Kier alpha value is -2.53. The molecule has 146 valence electrons. The summed E-state index contributed by atoms with van der Waals surface area (Å²) >= 11 is 0. The van der Waals surface area contributed by atoms with Gasteiger partial charge in [0, 0.05) is 5.56 Å². The third-order valence-corrected chi connectivity index (χ3v) is 4.86. The van der Waals surface area contributed by atoms with Gasteiger partial charge in [0.05, 0.1) is 12.8 Å². The second-order valence-electron chi connectivity index (χ2n) is 6.43. The number of methoxy groups -OCH3 is 1. The number of carbonyl (C=O) groups is 1. The molecule has 0 bridgehead atoms. The molecule has 0 spiro atoms. The van der Waals surface area contributed by atoms with Gasteiger partial charge in [-0.1, -0.05) is 39.0 Å². The van der Waals surface area contributed by atoms with Gasteiger partial charge in [0.2, 0.25) is 0 Å². The van der Waals surface area contributed by atoms with Gasteiger partial charge in [-0.2, -0.15) is 5.06 Å². The minimum Gasteiger partial charge on any atom is -0.489 e. The third kappa shape index (κ3) is 4.61. The fourth-order valence-electron chi connectivity index (χ4n) is 3.22. The first-order chi connectivity index (χ1) is 13.0. The van der Waals surface area contributed by atoms with Crippen LogP contribution in [0.1, 0.15) is 48.6 Å². The average molecular weight is 371 g/mol. The molecule has 0 saturated carbocycles. The first-order valence-electron chi connectivity index (χ1n) is 9.39. The number of carbonyl (C=O) groups excluding carboxylic acids is 1. The van der Waals surface area contributed by atoms with Crippen LogP contribution in [-0.2, 0) is 30.6 Å². The molecule has 2 rings (SSSR count). The monoisotopic (exact) mass is 371 g/mol. The first kappa shape index (κ1) is 20.8. The van der Waals surface area contributed by atoms with Crippen molar-refractivity contribution in [2.24, 2.45) is 0 Å². The van der Waals surface area contributed by atoms with E-state index in [-0.39, 0.29) is 6.61 Å². The van der Waals surface area contributed by atoms with E-state index in [1.807, 2.05) is 19.1 Å². The second kappa shape index (κ2) is 9.42. The highest BCUT2D eigenvalue weighted by Gasteiger charge is 2.20. The van der Waals surface area contributed by atoms with E-state index < -0.39 is 6.09 Å². The van der Waals surface area contributed by atoms with Gasteiger partial charge in [-0.15, -0.1) is 0 Å². The molecule has 1 amide bonds. The molecule has 27 heavy (non-hydrogen) atoms. The first-order valence-corrected chi connectivity index (χ1v) is 9.39. The van der Waals surface area contributed by atoms with Crippen molar-refractivity contribution < 1.29 is 19.5 Å². The molecule has 0 aliphatic heterocycles. The van der Waals surface area contributed by atoms with Crippen molar-refractivity contribution in [1.29, 1.82) is 0 Å². The summed E-state index contributed by atoms with van der Waals surface area (Å²) < 4.78 is 10.8. The molecule has 0 atom stereocenters. The zero-order valence-corrected chi connectivity index (χ0v) is 16.8. The standard InChI is InChI=1S/C22H29NO4/c1-6-16-10-9-11-20(23(25)22(24)26-5)19(16)14-27-21-12-15(4)17(7-2)13-18(21)8-3/h9-13,25H,6-8,14H2,1-5H3. The molecule has 0 aliphatic carbocycles. The summed E-state index contributed by atoms with van der Waals surface area (Å²) in [5.74, 6) is 0.839. The molecule has 0 fully saturated rings. The average Bonchev–Trinajstić information content (AvgIpc) is 2.70. The Kier molecular flexibility index (Phi) is 7.25. The Morgan fingerprint density at radius 3 is 2.30 bits per heavy atom. The van der Waals surface area contributed by atoms with Crippen LogP contribution in [0.25, 0.3) is 0 Å². The minimum atomic E-state index is -0.832. The lowest BCUT2D eigenvalue weighted by Gasteiger charge is -2.21. The van der Waals surface area contributed by atoms with E-state index >= 15 is 0 Å². The molecule has 2 aromatic carbocycles. The highest BCUT2D eigenvalue weighted by Crippen LogP contribution is 2.29. The molecule has 5 nitrogen and oxygen atoms in total. The maximum Gasteiger partial charge on any atom is 0.438 e. The van der Waals surface area contributed by atoms with E-state index in [2.05, 4.69) is 37.6 Å². The highest BCUT2D eigenvalue weighted by atomic mass is 16.6. The summed E-state index contributed by atoms with van der Waals surface area (Å²) in [6.45, 7) is 8.62. The van der Waals surface area contributed by atoms with Crippen LogP contribution >= 0.6 is 0 Å². The summed E-state index contributed by atoms with van der Waals surface area (Å²) in [7, 11) is 1.23. The van der Waals surface area contributed by atoms with Crippen LogP contribution in [0.4, 0.5) is 10.5 Å². The highest BCUT2D eigenvalue weighted by molar-refractivity contribution is 5.86. The topological polar surface area (TPSA) is 59.0 Å². The predicted molar refractivity (Wildman–Crippen MR) is 107 cm³/mol. The van der Waals surface area contributed by atoms with E-state index in [0.29, 0.717) is 10.8 Å². The van der Waals surface area contributed by atoms with Gasteiger partial charge in [0.25, 0.3) is 0 Å². The smallest absolute Gasteiger partial charge is 0.438 e. The Balaban J connectivity index is 2.38. The molecule has 2 aromatic rings. The molecule has 0 radical (unpaired) electrons. The van der Waals surface area contributed by atoms with Crippen molar-refractivity contribution in [3.63, 3.8) is 0 Å². The number of hydroxylamine groups is 1. The fourth-order valence-corrected chi connectivity index (χ4v) is 3.22. The zero-order valence-electron chi connectivity index (χ0n) is 16.8. The van der Waals surface area contributed by atoms with E-state index in [4.69, 9.17) is 4.74 Å². The van der Waals surface area contributed by atoms with Crippen molar-refractivity contribution in [3.8, 4) is 5.75 Å². The van der Waals surface area contributed by atoms with Crippen LogP contribution in [0.3, 0.4) is 0 Å². The normalized spacial score (nSPS) is 10.6. The van der Waals surface area contributed by atoms with Crippen molar-refractivity contribution in [2.75, 3.05) is 12.2 Å². The van der Waals surface area contributed by atoms with Crippen molar-refractivity contribution in [3.05, 3.63) is 58.1 Å². The molecular formula is C22H29NO4. The van der Waals surface area contributed by atoms with Gasteiger partial charge in [-0.05, 0) is 60.6 Å². The van der Waals surface area contributed by atoms with Crippen LogP contribution in [0.15, 0.2) is 30.3 Å². The number of nitrogens with zero attached hydrogens (tertiary/aromatic N) is 1. The summed E-state index contributed by atoms with van der Waals surface area (Å²) in [4.78, 5) is 11.8. The van der Waals surface area contributed by atoms with Crippen molar-refractivity contribution in [2.45, 2.75) is 53.6 Å². The number of anilines is 1. The Labute approximate surface area is 161 Å². The molecule has 0 heterocycles. The van der Waals surface area contributed by atoms with Crippen LogP contribution in [0, 0.1) is 6.92 Å². The quantitative estimate of drug-likeness (QED) is 0.535. The second-order valence-corrected chi connectivity index (χ2v) is 6.43. The molecule has 0 saturated heterocycles. The van der Waals surface area contributed by atoms with E-state index in [1.54, 1.807) is 6.07 Å². The SMILES string of the molecule is CCc1cc(CC)c(OCc2c(CC)cccc2N(O)C(=O)OC)cc1C. The van der Waals surface area contributed by atoms with Gasteiger partial charge >= 0.3 is 6.09 Å². The van der Waals surface area contributed by atoms with Crippen LogP contribution in [0.2, 0.25) is 0 Å². The van der Waals surface area contributed by atoms with Gasteiger partial charge in [0.1, 0.15) is 12.4 Å². The molecule has 0 aromatic heterocycles. The van der Waals surface area contributed by atoms with Crippen LogP contribution in [0.5, 0.6) is 5.75 Å². The number of hydrogen-bond donors (Lipinski definition) is 1. The molecular weight excluding hydrogens is 342 g/mol. The number of hydrogen-bond acceptors (Lipinski definition) is 4. The molecule has 1 N–H and O–H groups in total. The lowest BCUT2D eigenvalue weighted by atomic mass is 10.0. The number of benzene rings is 2. The molecule has 0 aliphatic rings. The van der Waals surface area contributed by atoms with E-state index in [9.17, 15) is 10.0 Å². The largest absolute Gasteiger partial charge is 0.489 e. The number of aryl methyl sites for hydroxylation is 4. The molecule has 0 unspecified atom stereocenters. The van der Waals surface area contributed by atoms with Crippen molar-refractivity contribution in [1.82, 2.24) is 0 Å². The minimum absolute atomic E-state index is 0.255. The third-order valence-electron chi connectivity index (χ3n) is 4.86. The van der Waals surface area contributed by atoms with Crippen molar-refractivity contribution >= 4 is 11.8 Å². The summed E-state index contributed by atoms with van der Waals surface area (Å²) in [5.41, 5.74) is 5.83. The van der Waals surface area contributed by atoms with E-state index in [1.165, 1.54) is 18.2 Å². The number of amides is 1. The molecule has 5 heteroatoms. The van der Waals surface area contributed by atoms with Crippen LogP contribution in [-0.4, -0.2) is 18.4 Å². The van der Waals surface area contributed by atoms with Gasteiger partial charge in [-0.25, -0.2) is 4.79 Å². The van der Waals surface area contributed by atoms with Gasteiger partial charge in [-0.3, -0.25) is 5.21 Å². The Bertz CT molecular complexity index is 801. The van der Waals surface area contributed by atoms with E-state index in [0.717, 1.165) is 41.7 Å². The lowest BCUT2D eigenvalue weighted by Crippen LogP contribution is -2.28. The summed E-state index contributed by atoms with van der Waals surface area (Å²) in [6.07, 6.45) is 1.79. The Morgan fingerprint density at radius 1 is 1.04 bits per heavy atom. The maximum atomic E-state index is 11.8.